The van der Waals surface area contributed by atoms with Crippen LogP contribution in [0.1, 0.15) is 18.2 Å². The maximum Gasteiger partial charge on any atom is 0.223 e. The van der Waals surface area contributed by atoms with Crippen molar-refractivity contribution in [2.45, 2.75) is 26.3 Å². The van der Waals surface area contributed by atoms with Crippen molar-refractivity contribution in [3.63, 3.8) is 0 Å². The molecule has 1 fully saturated rings. The SMILES string of the molecule is Cc1cc2c(NC3CCN(C)CC3C)nc(N)nc2s1. The second-order valence-electron chi connectivity index (χ2n) is 5.79. The lowest BCUT2D eigenvalue weighted by molar-refractivity contribution is 0.206. The highest BCUT2D eigenvalue weighted by molar-refractivity contribution is 7.18. The van der Waals surface area contributed by atoms with Gasteiger partial charge in [0.05, 0.1) is 5.39 Å². The number of hydrogen-bond donors (Lipinski definition) is 2. The first-order valence-corrected chi connectivity index (χ1v) is 7.83. The van der Waals surface area contributed by atoms with Crippen molar-refractivity contribution in [2.24, 2.45) is 5.92 Å². The lowest BCUT2D eigenvalue weighted by Gasteiger charge is -2.35. The highest BCUT2D eigenvalue weighted by Crippen LogP contribution is 2.30. The molecule has 6 heteroatoms. The number of rotatable bonds is 2. The van der Waals surface area contributed by atoms with E-state index in [0.717, 1.165) is 35.5 Å². The minimum absolute atomic E-state index is 0.349. The Balaban J connectivity index is 1.90. The quantitative estimate of drug-likeness (QED) is 0.889. The Kier molecular flexibility index (Phi) is 3.52. The number of piperidine rings is 1. The molecule has 2 unspecified atom stereocenters. The Bertz CT molecular complexity index is 623. The second-order valence-corrected chi connectivity index (χ2v) is 7.02. The van der Waals surface area contributed by atoms with Crippen molar-refractivity contribution in [3.8, 4) is 0 Å². The zero-order valence-corrected chi connectivity index (χ0v) is 13.0. The molecule has 0 bridgehead atoms. The molecule has 3 rings (SSSR count). The van der Waals surface area contributed by atoms with Crippen LogP contribution in [-0.2, 0) is 0 Å². The van der Waals surface area contributed by atoms with Gasteiger partial charge in [-0.3, -0.25) is 0 Å². The predicted octanol–water partition coefficient (Wildman–Crippen LogP) is 2.33. The van der Waals surface area contributed by atoms with E-state index in [1.807, 2.05) is 0 Å². The van der Waals surface area contributed by atoms with Gasteiger partial charge in [0, 0.05) is 17.5 Å². The minimum Gasteiger partial charge on any atom is -0.368 e. The molecular weight excluding hydrogens is 270 g/mol. The van der Waals surface area contributed by atoms with E-state index in [9.17, 15) is 0 Å². The van der Waals surface area contributed by atoms with E-state index in [-0.39, 0.29) is 0 Å². The third-order valence-electron chi connectivity index (χ3n) is 3.96. The van der Waals surface area contributed by atoms with Crippen molar-refractivity contribution in [2.75, 3.05) is 31.2 Å². The summed E-state index contributed by atoms with van der Waals surface area (Å²) in [5.74, 6) is 1.83. The van der Waals surface area contributed by atoms with Gasteiger partial charge >= 0.3 is 0 Å². The van der Waals surface area contributed by atoms with Crippen LogP contribution in [0.5, 0.6) is 0 Å². The van der Waals surface area contributed by atoms with E-state index in [4.69, 9.17) is 5.73 Å². The molecule has 0 aromatic carbocycles. The first-order chi connectivity index (χ1) is 9.52. The summed E-state index contributed by atoms with van der Waals surface area (Å²) in [4.78, 5) is 13.3. The molecule has 3 heterocycles. The predicted molar refractivity (Wildman–Crippen MR) is 85.3 cm³/mol. The Hall–Kier alpha value is -1.40. The maximum atomic E-state index is 5.83. The number of nitrogens with one attached hydrogen (secondary N) is 1. The number of nitrogens with zero attached hydrogens (tertiary/aromatic N) is 3. The Morgan fingerprint density at radius 1 is 1.45 bits per heavy atom. The fourth-order valence-electron chi connectivity index (χ4n) is 2.91. The first-order valence-electron chi connectivity index (χ1n) is 7.01. The van der Waals surface area contributed by atoms with Gasteiger partial charge in [-0.25, -0.2) is 4.98 Å². The average Bonchev–Trinajstić information content (AvgIpc) is 2.73. The number of fused-ring (bicyclic) bond motifs is 1. The number of aryl methyl sites for hydroxylation is 1. The third-order valence-corrected chi connectivity index (χ3v) is 4.91. The summed E-state index contributed by atoms with van der Waals surface area (Å²) in [6.07, 6.45) is 1.13. The van der Waals surface area contributed by atoms with Gasteiger partial charge in [0.15, 0.2) is 0 Å². The molecule has 0 amide bonds. The number of nitrogen functional groups attached to an aromatic ring is 1. The van der Waals surface area contributed by atoms with Gasteiger partial charge in [-0.05, 0) is 38.9 Å². The van der Waals surface area contributed by atoms with Crippen molar-refractivity contribution in [1.82, 2.24) is 14.9 Å². The van der Waals surface area contributed by atoms with Crippen LogP contribution < -0.4 is 11.1 Å². The molecule has 5 nitrogen and oxygen atoms in total. The summed E-state index contributed by atoms with van der Waals surface area (Å²) >= 11 is 1.66. The van der Waals surface area contributed by atoms with Crippen LogP contribution >= 0.6 is 11.3 Å². The van der Waals surface area contributed by atoms with Gasteiger partial charge < -0.3 is 16.0 Å². The molecular formula is C14H21N5S. The summed E-state index contributed by atoms with van der Waals surface area (Å²) < 4.78 is 0. The molecule has 108 valence electrons. The van der Waals surface area contributed by atoms with E-state index in [2.05, 4.69) is 47.1 Å². The number of aromatic nitrogens is 2. The smallest absolute Gasteiger partial charge is 0.223 e. The molecule has 20 heavy (non-hydrogen) atoms. The fourth-order valence-corrected chi connectivity index (χ4v) is 3.80. The Morgan fingerprint density at radius 2 is 2.25 bits per heavy atom. The van der Waals surface area contributed by atoms with Crippen molar-refractivity contribution in [1.29, 1.82) is 0 Å². The topological polar surface area (TPSA) is 67.1 Å². The third kappa shape index (κ3) is 2.58. The van der Waals surface area contributed by atoms with Gasteiger partial charge in [-0.1, -0.05) is 6.92 Å². The van der Waals surface area contributed by atoms with E-state index >= 15 is 0 Å². The number of likely N-dealkylation sites (tertiary alicyclic amines) is 1. The van der Waals surface area contributed by atoms with Crippen LogP contribution in [-0.4, -0.2) is 41.0 Å². The zero-order valence-electron chi connectivity index (χ0n) is 12.2. The van der Waals surface area contributed by atoms with Crippen LogP contribution in [0.15, 0.2) is 6.07 Å². The fraction of sp³-hybridized carbons (Fsp3) is 0.571. The molecule has 1 aliphatic rings. The Labute approximate surface area is 123 Å². The van der Waals surface area contributed by atoms with Gasteiger partial charge in [-0.2, -0.15) is 4.98 Å². The second kappa shape index (κ2) is 5.18. The molecule has 2 atom stereocenters. The van der Waals surface area contributed by atoms with Crippen LogP contribution in [0, 0.1) is 12.8 Å². The van der Waals surface area contributed by atoms with Gasteiger partial charge in [-0.15, -0.1) is 11.3 Å². The molecule has 1 aliphatic heterocycles. The molecule has 3 N–H and O–H groups in total. The molecule has 0 radical (unpaired) electrons. The van der Waals surface area contributed by atoms with E-state index in [1.165, 1.54) is 4.88 Å². The lowest BCUT2D eigenvalue weighted by Crippen LogP contribution is -2.43. The van der Waals surface area contributed by atoms with E-state index in [1.54, 1.807) is 11.3 Å². The largest absolute Gasteiger partial charge is 0.368 e. The minimum atomic E-state index is 0.349. The number of nitrogens with two attached hydrogens (primary N) is 1. The van der Waals surface area contributed by atoms with Crippen LogP contribution in [0.4, 0.5) is 11.8 Å². The summed E-state index contributed by atoms with van der Waals surface area (Å²) in [6, 6.07) is 2.59. The molecule has 2 aromatic rings. The van der Waals surface area contributed by atoms with E-state index < -0.39 is 0 Å². The molecule has 0 spiro atoms. The van der Waals surface area contributed by atoms with Crippen molar-refractivity contribution < 1.29 is 0 Å². The van der Waals surface area contributed by atoms with E-state index in [0.29, 0.717) is 17.9 Å². The first kappa shape index (κ1) is 13.6. The van der Waals surface area contributed by atoms with Crippen molar-refractivity contribution in [3.05, 3.63) is 10.9 Å². The monoisotopic (exact) mass is 291 g/mol. The molecule has 2 aromatic heterocycles. The number of hydrogen-bond acceptors (Lipinski definition) is 6. The summed E-state index contributed by atoms with van der Waals surface area (Å²) in [5, 5.41) is 4.69. The molecule has 0 aliphatic carbocycles. The number of anilines is 2. The van der Waals surface area contributed by atoms with Crippen LogP contribution in [0.3, 0.4) is 0 Å². The number of thiophene rings is 1. The van der Waals surface area contributed by atoms with Crippen molar-refractivity contribution >= 4 is 33.3 Å². The van der Waals surface area contributed by atoms with Gasteiger partial charge in [0.2, 0.25) is 5.95 Å². The highest BCUT2D eigenvalue weighted by Gasteiger charge is 2.25. The Morgan fingerprint density at radius 3 is 3.00 bits per heavy atom. The average molecular weight is 291 g/mol. The normalized spacial score (nSPS) is 24.1. The maximum absolute atomic E-state index is 5.83. The summed E-state index contributed by atoms with van der Waals surface area (Å²) in [6.45, 7) is 6.61. The summed E-state index contributed by atoms with van der Waals surface area (Å²) in [7, 11) is 2.18. The standard InChI is InChI=1S/C14H21N5S/c1-8-7-19(3)5-4-11(8)16-12-10-6-9(2)20-13(10)18-14(15)17-12/h6,8,11H,4-5,7H2,1-3H3,(H3,15,16,17,18). The summed E-state index contributed by atoms with van der Waals surface area (Å²) in [5.41, 5.74) is 5.83. The van der Waals surface area contributed by atoms with Crippen LogP contribution in [0.2, 0.25) is 0 Å². The zero-order chi connectivity index (χ0) is 14.3. The lowest BCUT2D eigenvalue weighted by atomic mass is 9.94. The van der Waals surface area contributed by atoms with Gasteiger partial charge in [0.25, 0.3) is 0 Å². The molecule has 0 saturated carbocycles. The molecule has 1 saturated heterocycles. The van der Waals surface area contributed by atoms with Crippen LogP contribution in [0.25, 0.3) is 10.2 Å². The van der Waals surface area contributed by atoms with Gasteiger partial charge in [0.1, 0.15) is 10.6 Å². The highest BCUT2D eigenvalue weighted by atomic mass is 32.1.